The van der Waals surface area contributed by atoms with Gasteiger partial charge in [-0.2, -0.15) is 5.10 Å². The lowest BCUT2D eigenvalue weighted by molar-refractivity contribution is -0.197. The molecule has 2 rings (SSSR count). The Hall–Kier alpha value is -1.36. The van der Waals surface area contributed by atoms with E-state index in [2.05, 4.69) is 5.10 Å². The van der Waals surface area contributed by atoms with Crippen LogP contribution in [-0.4, -0.2) is 33.9 Å². The van der Waals surface area contributed by atoms with Crippen molar-refractivity contribution < 1.29 is 9.63 Å². The van der Waals surface area contributed by atoms with Gasteiger partial charge < -0.3 is 0 Å². The molecule has 1 aliphatic heterocycles. The number of hydrogen-bond donors (Lipinski definition) is 0. The van der Waals surface area contributed by atoms with Crippen molar-refractivity contribution in [1.29, 1.82) is 0 Å². The molecule has 0 spiro atoms. The maximum atomic E-state index is 11.6. The van der Waals surface area contributed by atoms with E-state index in [0.717, 1.165) is 12.8 Å². The Morgan fingerprint density at radius 2 is 2.43 bits per heavy atom. The van der Waals surface area contributed by atoms with Gasteiger partial charge in [0.1, 0.15) is 6.54 Å². The van der Waals surface area contributed by atoms with Crippen LogP contribution in [0.5, 0.6) is 0 Å². The second-order valence-corrected chi connectivity index (χ2v) is 3.24. The number of hydrogen-bond acceptors (Lipinski definition) is 3. The summed E-state index contributed by atoms with van der Waals surface area (Å²) < 4.78 is 1.60. The molecule has 0 N–H and O–H groups in total. The average Bonchev–Trinajstić information content (AvgIpc) is 2.72. The normalized spacial score (nSPS) is 17.0. The number of hydroxylamine groups is 2. The van der Waals surface area contributed by atoms with Gasteiger partial charge in [-0.15, -0.1) is 0 Å². The van der Waals surface area contributed by atoms with Gasteiger partial charge in [0.25, 0.3) is 5.91 Å². The monoisotopic (exact) mass is 195 g/mol. The van der Waals surface area contributed by atoms with Crippen LogP contribution in [0.1, 0.15) is 12.8 Å². The Balaban J connectivity index is 1.88. The summed E-state index contributed by atoms with van der Waals surface area (Å²) in [7, 11) is 0. The van der Waals surface area contributed by atoms with Gasteiger partial charge in [0, 0.05) is 18.9 Å². The van der Waals surface area contributed by atoms with Crippen molar-refractivity contribution >= 4 is 5.91 Å². The summed E-state index contributed by atoms with van der Waals surface area (Å²) in [5, 5.41) is 5.40. The Labute approximate surface area is 82.2 Å². The molecule has 1 aromatic heterocycles. The first-order valence-electron chi connectivity index (χ1n) is 4.77. The van der Waals surface area contributed by atoms with Gasteiger partial charge in [-0.05, 0) is 18.9 Å². The van der Waals surface area contributed by atoms with Crippen LogP contribution in [0.4, 0.5) is 0 Å². The van der Waals surface area contributed by atoms with Crippen molar-refractivity contribution in [3.63, 3.8) is 0 Å². The van der Waals surface area contributed by atoms with E-state index in [0.29, 0.717) is 13.2 Å². The second kappa shape index (κ2) is 4.23. The summed E-state index contributed by atoms with van der Waals surface area (Å²) in [6.45, 7) is 1.60. The lowest BCUT2D eigenvalue weighted by atomic mass is 10.3. The fourth-order valence-corrected chi connectivity index (χ4v) is 1.40. The summed E-state index contributed by atoms with van der Waals surface area (Å²) in [4.78, 5) is 16.8. The maximum absolute atomic E-state index is 11.6. The predicted octanol–water partition coefficient (Wildman–Crippen LogP) is 0.437. The van der Waals surface area contributed by atoms with Crippen molar-refractivity contribution in [2.75, 3.05) is 13.2 Å². The number of carbonyl (C=O) groups is 1. The third kappa shape index (κ3) is 2.11. The van der Waals surface area contributed by atoms with Crippen LogP contribution in [0.15, 0.2) is 18.5 Å². The maximum Gasteiger partial charge on any atom is 0.267 e. The molecular weight excluding hydrogens is 182 g/mol. The Bertz CT molecular complexity index is 291. The minimum atomic E-state index is -0.0339. The molecule has 1 fully saturated rings. The van der Waals surface area contributed by atoms with Crippen molar-refractivity contribution in [1.82, 2.24) is 14.8 Å². The van der Waals surface area contributed by atoms with Gasteiger partial charge in [-0.1, -0.05) is 0 Å². The molecule has 0 unspecified atom stereocenters. The van der Waals surface area contributed by atoms with Crippen LogP contribution in [0.3, 0.4) is 0 Å². The van der Waals surface area contributed by atoms with E-state index in [4.69, 9.17) is 4.84 Å². The molecule has 5 heteroatoms. The van der Waals surface area contributed by atoms with E-state index in [9.17, 15) is 4.79 Å². The molecular formula is C9H13N3O2. The van der Waals surface area contributed by atoms with Gasteiger partial charge in [0.05, 0.1) is 6.61 Å². The van der Waals surface area contributed by atoms with Crippen LogP contribution in [-0.2, 0) is 16.2 Å². The molecule has 0 bridgehead atoms. The molecule has 1 amide bonds. The Morgan fingerprint density at radius 1 is 1.50 bits per heavy atom. The highest BCUT2D eigenvalue weighted by molar-refractivity contribution is 5.74. The highest BCUT2D eigenvalue weighted by Gasteiger charge is 2.17. The fourth-order valence-electron chi connectivity index (χ4n) is 1.40. The van der Waals surface area contributed by atoms with E-state index in [1.165, 1.54) is 5.06 Å². The lowest BCUT2D eigenvalue weighted by Gasteiger charge is -2.25. The van der Waals surface area contributed by atoms with Crippen molar-refractivity contribution in [3.05, 3.63) is 18.5 Å². The summed E-state index contributed by atoms with van der Waals surface area (Å²) >= 11 is 0. The van der Waals surface area contributed by atoms with Gasteiger partial charge in [0.2, 0.25) is 0 Å². The third-order valence-corrected chi connectivity index (χ3v) is 2.14. The molecule has 1 aromatic rings. The van der Waals surface area contributed by atoms with Gasteiger partial charge >= 0.3 is 0 Å². The number of nitrogens with zero attached hydrogens (tertiary/aromatic N) is 3. The molecule has 0 aromatic carbocycles. The molecule has 5 nitrogen and oxygen atoms in total. The summed E-state index contributed by atoms with van der Waals surface area (Å²) in [6.07, 6.45) is 5.47. The quantitative estimate of drug-likeness (QED) is 0.687. The third-order valence-electron chi connectivity index (χ3n) is 2.14. The van der Waals surface area contributed by atoms with E-state index >= 15 is 0 Å². The average molecular weight is 195 g/mol. The number of carbonyl (C=O) groups excluding carboxylic acids is 1. The minimum absolute atomic E-state index is 0.0339. The van der Waals surface area contributed by atoms with Crippen LogP contribution >= 0.6 is 0 Å². The first kappa shape index (κ1) is 9.21. The molecule has 0 radical (unpaired) electrons. The van der Waals surface area contributed by atoms with Gasteiger partial charge in [0.15, 0.2) is 0 Å². The lowest BCUT2D eigenvalue weighted by Crippen LogP contribution is -2.37. The highest BCUT2D eigenvalue weighted by atomic mass is 16.7. The molecule has 14 heavy (non-hydrogen) atoms. The van der Waals surface area contributed by atoms with Crippen molar-refractivity contribution in [2.24, 2.45) is 0 Å². The highest BCUT2D eigenvalue weighted by Crippen LogP contribution is 2.06. The molecule has 1 aliphatic rings. The van der Waals surface area contributed by atoms with Crippen LogP contribution in [0, 0.1) is 0 Å². The Kier molecular flexibility index (Phi) is 2.78. The topological polar surface area (TPSA) is 47.4 Å². The number of aromatic nitrogens is 2. The molecule has 2 heterocycles. The van der Waals surface area contributed by atoms with E-state index in [1.807, 2.05) is 0 Å². The van der Waals surface area contributed by atoms with E-state index in [-0.39, 0.29) is 12.5 Å². The smallest absolute Gasteiger partial charge is 0.267 e. The fraction of sp³-hybridized carbons (Fsp3) is 0.556. The summed E-state index contributed by atoms with van der Waals surface area (Å²) in [5.74, 6) is -0.0339. The number of rotatable bonds is 2. The zero-order valence-corrected chi connectivity index (χ0v) is 7.93. The SMILES string of the molecule is O=C(Cn1cccn1)N1CCCCO1. The molecule has 0 aliphatic carbocycles. The molecule has 0 saturated carbocycles. The van der Waals surface area contributed by atoms with Crippen LogP contribution < -0.4 is 0 Å². The minimum Gasteiger partial charge on any atom is -0.271 e. The van der Waals surface area contributed by atoms with E-state index < -0.39 is 0 Å². The largest absolute Gasteiger partial charge is 0.271 e. The molecule has 0 atom stereocenters. The number of amides is 1. The molecule has 76 valence electrons. The van der Waals surface area contributed by atoms with Crippen LogP contribution in [0.2, 0.25) is 0 Å². The zero-order chi connectivity index (χ0) is 9.80. The first-order chi connectivity index (χ1) is 6.86. The zero-order valence-electron chi connectivity index (χ0n) is 7.93. The second-order valence-electron chi connectivity index (χ2n) is 3.24. The van der Waals surface area contributed by atoms with E-state index in [1.54, 1.807) is 23.1 Å². The predicted molar refractivity (Wildman–Crippen MR) is 49.1 cm³/mol. The van der Waals surface area contributed by atoms with Crippen molar-refractivity contribution in [2.45, 2.75) is 19.4 Å². The van der Waals surface area contributed by atoms with Gasteiger partial charge in [-0.25, -0.2) is 5.06 Å². The summed E-state index contributed by atoms with van der Waals surface area (Å²) in [6, 6.07) is 1.80. The Morgan fingerprint density at radius 3 is 3.07 bits per heavy atom. The molecule has 1 saturated heterocycles. The van der Waals surface area contributed by atoms with Gasteiger partial charge in [-0.3, -0.25) is 14.3 Å². The standard InChI is InChI=1S/C9H13N3O2/c13-9(8-11-5-3-4-10-11)12-6-1-2-7-14-12/h3-5H,1-2,6-8H2. The first-order valence-corrected chi connectivity index (χ1v) is 4.77. The van der Waals surface area contributed by atoms with Crippen LogP contribution in [0.25, 0.3) is 0 Å². The van der Waals surface area contributed by atoms with Crippen molar-refractivity contribution in [3.8, 4) is 0 Å². The summed E-state index contributed by atoms with van der Waals surface area (Å²) in [5.41, 5.74) is 0.